The summed E-state index contributed by atoms with van der Waals surface area (Å²) >= 11 is 0. The molecule has 18 heavy (non-hydrogen) atoms. The van der Waals surface area contributed by atoms with Gasteiger partial charge in [-0.2, -0.15) is 0 Å². The number of aryl methyl sites for hydroxylation is 1. The Hall–Kier alpha value is -2.01. The molecule has 1 aromatic heterocycles. The summed E-state index contributed by atoms with van der Waals surface area (Å²) in [5.74, 6) is -0.275. The molecule has 0 amide bonds. The predicted molar refractivity (Wildman–Crippen MR) is 68.9 cm³/mol. The molecule has 0 bridgehead atoms. The first kappa shape index (κ1) is 12.4. The number of hydrogen-bond acceptors (Lipinski definition) is 3. The van der Waals surface area contributed by atoms with Crippen LogP contribution in [0.5, 0.6) is 5.75 Å². The molecule has 0 saturated carbocycles. The summed E-state index contributed by atoms with van der Waals surface area (Å²) in [6, 6.07) is 4.76. The van der Waals surface area contributed by atoms with Gasteiger partial charge in [0, 0.05) is 23.0 Å². The highest BCUT2D eigenvalue weighted by Crippen LogP contribution is 2.31. The van der Waals surface area contributed by atoms with E-state index in [1.165, 1.54) is 0 Å². The van der Waals surface area contributed by atoms with E-state index in [0.29, 0.717) is 0 Å². The van der Waals surface area contributed by atoms with Crippen molar-refractivity contribution in [3.8, 4) is 5.75 Å². The molecule has 5 heteroatoms. The van der Waals surface area contributed by atoms with Crippen LogP contribution in [0.4, 0.5) is 0 Å². The number of methoxy groups -OCH3 is 1. The number of aromatic amines is 1. The molecule has 0 radical (unpaired) electrons. The molecular formula is C13H16N2O3. The number of rotatable bonds is 4. The lowest BCUT2D eigenvalue weighted by Gasteiger charge is -2.08. The average Bonchev–Trinajstić information content (AvgIpc) is 2.65. The number of benzene rings is 1. The Labute approximate surface area is 105 Å². The minimum Gasteiger partial charge on any atom is -0.496 e. The normalized spacial score (nSPS) is 12.6. The number of aromatic nitrogens is 1. The summed E-state index contributed by atoms with van der Waals surface area (Å²) < 4.78 is 5.32. The molecule has 4 N–H and O–H groups in total. The van der Waals surface area contributed by atoms with Crippen LogP contribution in [-0.2, 0) is 11.2 Å². The van der Waals surface area contributed by atoms with Crippen LogP contribution in [0.1, 0.15) is 11.3 Å². The van der Waals surface area contributed by atoms with Crippen LogP contribution in [0.25, 0.3) is 10.9 Å². The Morgan fingerprint density at radius 3 is 2.89 bits per heavy atom. The van der Waals surface area contributed by atoms with Crippen LogP contribution in [0.3, 0.4) is 0 Å². The number of ether oxygens (including phenoxy) is 1. The van der Waals surface area contributed by atoms with Gasteiger partial charge in [-0.1, -0.05) is 6.07 Å². The van der Waals surface area contributed by atoms with E-state index in [0.717, 1.165) is 27.9 Å². The number of H-pyrrole nitrogens is 1. The standard InChI is InChI=1S/C13H16N2O3/c1-7-8(6-9(14)13(16)17)12-10(15-7)4-3-5-11(12)18-2/h3-5,9,15H,6,14H2,1-2H3,(H,16,17). The van der Waals surface area contributed by atoms with Crippen molar-refractivity contribution in [3.05, 3.63) is 29.5 Å². The van der Waals surface area contributed by atoms with Gasteiger partial charge < -0.3 is 20.6 Å². The maximum Gasteiger partial charge on any atom is 0.320 e. The number of hydrogen-bond donors (Lipinski definition) is 3. The van der Waals surface area contributed by atoms with Crippen molar-refractivity contribution in [2.45, 2.75) is 19.4 Å². The number of carboxylic acids is 1. The third-order valence-corrected chi connectivity index (χ3v) is 3.06. The molecule has 96 valence electrons. The van der Waals surface area contributed by atoms with Gasteiger partial charge in [0.15, 0.2) is 0 Å². The summed E-state index contributed by atoms with van der Waals surface area (Å²) in [4.78, 5) is 14.1. The fraction of sp³-hybridized carbons (Fsp3) is 0.308. The van der Waals surface area contributed by atoms with E-state index >= 15 is 0 Å². The number of nitrogens with one attached hydrogen (secondary N) is 1. The predicted octanol–water partition coefficient (Wildman–Crippen LogP) is 1.44. The molecule has 0 fully saturated rings. The average molecular weight is 248 g/mol. The van der Waals surface area contributed by atoms with Gasteiger partial charge in [-0.25, -0.2) is 0 Å². The lowest BCUT2D eigenvalue weighted by Crippen LogP contribution is -2.32. The van der Waals surface area contributed by atoms with Crippen LogP contribution in [0.2, 0.25) is 0 Å². The van der Waals surface area contributed by atoms with Crippen molar-refractivity contribution >= 4 is 16.9 Å². The zero-order valence-electron chi connectivity index (χ0n) is 10.4. The summed E-state index contributed by atoms with van der Waals surface area (Å²) in [5.41, 5.74) is 8.36. The molecule has 2 rings (SSSR count). The van der Waals surface area contributed by atoms with Gasteiger partial charge in [-0.3, -0.25) is 4.79 Å². The van der Waals surface area contributed by atoms with E-state index in [2.05, 4.69) is 4.98 Å². The van der Waals surface area contributed by atoms with Crippen molar-refractivity contribution in [2.75, 3.05) is 7.11 Å². The molecule has 1 atom stereocenters. The highest BCUT2D eigenvalue weighted by atomic mass is 16.5. The lowest BCUT2D eigenvalue weighted by atomic mass is 10.0. The molecule has 0 spiro atoms. The SMILES string of the molecule is COc1cccc2[nH]c(C)c(CC(N)C(=O)O)c12. The van der Waals surface area contributed by atoms with Crippen LogP contribution < -0.4 is 10.5 Å². The molecular weight excluding hydrogens is 232 g/mol. The molecule has 1 unspecified atom stereocenters. The summed E-state index contributed by atoms with van der Waals surface area (Å²) in [6.07, 6.45) is 0.279. The van der Waals surface area contributed by atoms with Crippen molar-refractivity contribution in [1.82, 2.24) is 4.98 Å². The van der Waals surface area contributed by atoms with Gasteiger partial charge in [0.1, 0.15) is 11.8 Å². The smallest absolute Gasteiger partial charge is 0.320 e. The van der Waals surface area contributed by atoms with Gasteiger partial charge in [-0.15, -0.1) is 0 Å². The van der Waals surface area contributed by atoms with Gasteiger partial charge in [0.25, 0.3) is 0 Å². The Morgan fingerprint density at radius 2 is 2.28 bits per heavy atom. The zero-order chi connectivity index (χ0) is 13.3. The second-order valence-electron chi connectivity index (χ2n) is 4.26. The third-order valence-electron chi connectivity index (χ3n) is 3.06. The molecule has 1 heterocycles. The highest BCUT2D eigenvalue weighted by Gasteiger charge is 2.19. The molecule has 5 nitrogen and oxygen atoms in total. The third kappa shape index (κ3) is 2.04. The van der Waals surface area contributed by atoms with Gasteiger partial charge in [0.05, 0.1) is 7.11 Å². The number of carboxylic acid groups (broad SMARTS) is 1. The van der Waals surface area contributed by atoms with Crippen LogP contribution in [0.15, 0.2) is 18.2 Å². The molecule has 0 aliphatic rings. The molecule has 0 aliphatic heterocycles. The largest absolute Gasteiger partial charge is 0.496 e. The van der Waals surface area contributed by atoms with E-state index in [4.69, 9.17) is 15.6 Å². The van der Waals surface area contributed by atoms with Crippen molar-refractivity contribution in [2.24, 2.45) is 5.73 Å². The first-order valence-electron chi connectivity index (χ1n) is 5.67. The molecule has 0 saturated heterocycles. The monoisotopic (exact) mass is 248 g/mol. The highest BCUT2D eigenvalue weighted by molar-refractivity contribution is 5.91. The minimum atomic E-state index is -1.00. The Balaban J connectivity index is 2.55. The molecule has 0 aliphatic carbocycles. The Morgan fingerprint density at radius 1 is 1.56 bits per heavy atom. The van der Waals surface area contributed by atoms with Crippen molar-refractivity contribution in [1.29, 1.82) is 0 Å². The van der Waals surface area contributed by atoms with Gasteiger partial charge in [-0.05, 0) is 24.6 Å². The zero-order valence-corrected chi connectivity index (χ0v) is 10.4. The fourth-order valence-corrected chi connectivity index (χ4v) is 2.14. The maximum atomic E-state index is 10.9. The van der Waals surface area contributed by atoms with E-state index in [9.17, 15) is 4.79 Å². The number of nitrogens with two attached hydrogens (primary N) is 1. The van der Waals surface area contributed by atoms with E-state index in [1.54, 1.807) is 7.11 Å². The second-order valence-corrected chi connectivity index (χ2v) is 4.26. The number of fused-ring (bicyclic) bond motifs is 1. The quantitative estimate of drug-likeness (QED) is 0.763. The van der Waals surface area contributed by atoms with Crippen molar-refractivity contribution in [3.63, 3.8) is 0 Å². The van der Waals surface area contributed by atoms with Gasteiger partial charge >= 0.3 is 5.97 Å². The lowest BCUT2D eigenvalue weighted by molar-refractivity contribution is -0.138. The van der Waals surface area contributed by atoms with E-state index in [1.807, 2.05) is 25.1 Å². The fourth-order valence-electron chi connectivity index (χ4n) is 2.14. The summed E-state index contributed by atoms with van der Waals surface area (Å²) in [6.45, 7) is 1.91. The molecule has 1 aromatic carbocycles. The van der Waals surface area contributed by atoms with E-state index < -0.39 is 12.0 Å². The van der Waals surface area contributed by atoms with Crippen molar-refractivity contribution < 1.29 is 14.6 Å². The van der Waals surface area contributed by atoms with Gasteiger partial charge in [0.2, 0.25) is 0 Å². The maximum absolute atomic E-state index is 10.9. The summed E-state index contributed by atoms with van der Waals surface area (Å²) in [5, 5.41) is 9.82. The topological polar surface area (TPSA) is 88.3 Å². The first-order valence-corrected chi connectivity index (χ1v) is 5.67. The number of carbonyl (C=O) groups is 1. The minimum absolute atomic E-state index is 0.279. The Bertz CT molecular complexity index is 589. The second kappa shape index (κ2) is 4.70. The number of aliphatic carboxylic acids is 1. The first-order chi connectivity index (χ1) is 8.54. The molecule has 2 aromatic rings. The van der Waals surface area contributed by atoms with Crippen LogP contribution >= 0.6 is 0 Å². The Kier molecular flexibility index (Phi) is 3.25. The summed E-state index contributed by atoms with van der Waals surface area (Å²) in [7, 11) is 1.60. The van der Waals surface area contributed by atoms with Crippen LogP contribution in [-0.4, -0.2) is 29.2 Å². The van der Waals surface area contributed by atoms with Crippen LogP contribution in [0, 0.1) is 6.92 Å². The van der Waals surface area contributed by atoms with E-state index in [-0.39, 0.29) is 6.42 Å².